The molecule has 0 bridgehead atoms. The normalized spacial score (nSPS) is 11.9. The van der Waals surface area contributed by atoms with Gasteiger partial charge in [0.1, 0.15) is 0 Å². The van der Waals surface area contributed by atoms with E-state index in [9.17, 15) is 0 Å². The average Bonchev–Trinajstić information content (AvgIpc) is 1.52. The molecule has 5 nitrogen and oxygen atoms in total. The smallest absolute Gasteiger partial charge is 0.238 e. The Morgan fingerprint density at radius 3 is 1.12 bits per heavy atom. The monoisotopic (exact) mass is 1170 g/mol. The van der Waals surface area contributed by atoms with Crippen LogP contribution in [0.2, 0.25) is 0 Å². The first kappa shape index (κ1) is 51.7. The van der Waals surface area contributed by atoms with Crippen molar-refractivity contribution in [2.24, 2.45) is 0 Å². The lowest BCUT2D eigenvalue weighted by Crippen LogP contribution is -2.07. The maximum absolute atomic E-state index is 5.47. The highest BCUT2D eigenvalue weighted by Crippen LogP contribution is 2.50. The molecule has 0 aliphatic heterocycles. The van der Waals surface area contributed by atoms with E-state index in [2.05, 4.69) is 294 Å². The zero-order chi connectivity index (χ0) is 60.4. The second kappa shape index (κ2) is 20.6. The van der Waals surface area contributed by atoms with Crippen molar-refractivity contribution in [2.45, 2.75) is 0 Å². The van der Waals surface area contributed by atoms with Gasteiger partial charge in [0.2, 0.25) is 5.95 Å². The van der Waals surface area contributed by atoms with Crippen LogP contribution in [0, 0.1) is 0 Å². The average molecular weight is 1170 g/mol. The van der Waals surface area contributed by atoms with Crippen LogP contribution in [-0.2, 0) is 0 Å². The van der Waals surface area contributed by atoms with Crippen molar-refractivity contribution in [2.75, 3.05) is 0 Å². The van der Waals surface area contributed by atoms with Crippen LogP contribution in [0.5, 0.6) is 0 Å². The molecule has 0 atom stereocenters. The van der Waals surface area contributed by atoms with Crippen molar-refractivity contribution < 1.29 is 0 Å². The Balaban J connectivity index is 0.912. The van der Waals surface area contributed by atoms with Crippen molar-refractivity contribution in [1.82, 2.24) is 24.1 Å². The molecule has 0 N–H and O–H groups in total. The highest BCUT2D eigenvalue weighted by Gasteiger charge is 2.28. The molecule has 92 heavy (non-hydrogen) atoms. The fourth-order valence-electron chi connectivity index (χ4n) is 15.0. The lowest BCUT2D eigenvalue weighted by Gasteiger charge is -2.18. The molecular formula is C87H53N5. The highest BCUT2D eigenvalue weighted by molar-refractivity contribution is 6.30. The number of aromatic nitrogens is 5. The first-order chi connectivity index (χ1) is 45.6. The van der Waals surface area contributed by atoms with E-state index >= 15 is 0 Å². The molecule has 0 saturated carbocycles. The summed E-state index contributed by atoms with van der Waals surface area (Å²) in [6.45, 7) is 0. The van der Waals surface area contributed by atoms with Gasteiger partial charge in [-0.15, -0.1) is 0 Å². The van der Waals surface area contributed by atoms with E-state index in [0.29, 0.717) is 17.6 Å². The molecular weight excluding hydrogens is 1110 g/mol. The molecule has 19 aromatic rings. The van der Waals surface area contributed by atoms with Crippen LogP contribution in [0.1, 0.15) is 0 Å². The van der Waals surface area contributed by atoms with Gasteiger partial charge in [0.25, 0.3) is 0 Å². The van der Waals surface area contributed by atoms with Crippen molar-refractivity contribution in [1.29, 1.82) is 0 Å². The van der Waals surface area contributed by atoms with Crippen LogP contribution in [0.4, 0.5) is 0 Å². The second-order valence-corrected chi connectivity index (χ2v) is 24.1. The number of para-hydroxylation sites is 3. The highest BCUT2D eigenvalue weighted by atomic mass is 15.2. The largest absolute Gasteiger partial charge is 0.307 e. The van der Waals surface area contributed by atoms with Crippen LogP contribution in [0.3, 0.4) is 0 Å². The van der Waals surface area contributed by atoms with E-state index in [0.717, 1.165) is 105 Å². The van der Waals surface area contributed by atoms with Gasteiger partial charge in [-0.2, -0.15) is 9.97 Å². The summed E-state index contributed by atoms with van der Waals surface area (Å²) in [4.78, 5) is 16.1. The minimum absolute atomic E-state index is 0.538. The Hall–Kier alpha value is -12.3. The number of hydrogen-bond donors (Lipinski definition) is 0. The lowest BCUT2D eigenvalue weighted by molar-refractivity contribution is 0.953. The first-order valence-electron chi connectivity index (χ1n) is 31.5. The summed E-state index contributed by atoms with van der Waals surface area (Å²) in [6.07, 6.45) is 0. The zero-order valence-corrected chi connectivity index (χ0v) is 49.8. The Labute approximate surface area is 529 Å². The van der Waals surface area contributed by atoms with E-state index in [1.807, 2.05) is 36.4 Å². The lowest BCUT2D eigenvalue weighted by atomic mass is 9.86. The fraction of sp³-hybridized carbons (Fsp3) is 0. The molecule has 0 saturated heterocycles. The third kappa shape index (κ3) is 8.02. The Bertz CT molecular complexity index is 6110. The minimum atomic E-state index is 0.538. The van der Waals surface area contributed by atoms with Gasteiger partial charge in [-0.1, -0.05) is 267 Å². The number of rotatable bonds is 8. The van der Waals surface area contributed by atoms with Gasteiger partial charge in [-0.05, 0) is 164 Å². The molecule has 5 heteroatoms. The van der Waals surface area contributed by atoms with Gasteiger partial charge in [-0.3, -0.25) is 4.57 Å². The van der Waals surface area contributed by atoms with Crippen molar-refractivity contribution in [3.8, 4) is 78.9 Å². The maximum Gasteiger partial charge on any atom is 0.238 e. The molecule has 16 aromatic carbocycles. The van der Waals surface area contributed by atoms with Gasteiger partial charge in [-0.25, -0.2) is 4.98 Å². The summed E-state index contributed by atoms with van der Waals surface area (Å²) in [5.74, 6) is 1.74. The summed E-state index contributed by atoms with van der Waals surface area (Å²) in [5, 5.41) is 19.5. The second-order valence-electron chi connectivity index (χ2n) is 24.1. The zero-order valence-electron chi connectivity index (χ0n) is 49.8. The molecule has 0 spiro atoms. The third-order valence-electron chi connectivity index (χ3n) is 19.1. The van der Waals surface area contributed by atoms with E-state index < -0.39 is 0 Å². The van der Waals surface area contributed by atoms with E-state index in [-0.39, 0.29) is 0 Å². The standard InChI is InChI=1S/C87H53N5/c1-4-23-54(24-5-1)85-88-86(55-25-6-2-7-26-55)90-87(89-85)92-80-41-20-18-39-73(80)79-53-78(82-74-40-19-21-42-81(74)91(84(82)83(79)92)61-29-8-3-9-30-61)72-48-45-57(59-44-47-71-67-36-13-11-32-63(67)65-34-15-17-38-69(65)77(71)52-59)50-75(72)60-28-22-27-56(49-60)58-43-46-70-66-35-12-10-31-62(66)64-33-14-16-37-68(64)76(70)51-58/h1-53H. The molecule has 19 rings (SSSR count). The van der Waals surface area contributed by atoms with Gasteiger partial charge in [0.05, 0.1) is 22.1 Å². The molecule has 3 heterocycles. The van der Waals surface area contributed by atoms with Crippen LogP contribution < -0.4 is 0 Å². The van der Waals surface area contributed by atoms with Crippen LogP contribution >= 0.6 is 0 Å². The molecule has 0 amide bonds. The van der Waals surface area contributed by atoms with Crippen molar-refractivity contribution in [3.63, 3.8) is 0 Å². The van der Waals surface area contributed by atoms with Crippen LogP contribution in [0.15, 0.2) is 322 Å². The molecule has 0 unspecified atom stereocenters. The summed E-state index contributed by atoms with van der Waals surface area (Å²) >= 11 is 0. The summed E-state index contributed by atoms with van der Waals surface area (Å²) < 4.78 is 4.76. The summed E-state index contributed by atoms with van der Waals surface area (Å²) in [6, 6.07) is 117. The summed E-state index contributed by atoms with van der Waals surface area (Å²) in [7, 11) is 0. The molecule has 0 fully saturated rings. The van der Waals surface area contributed by atoms with Crippen molar-refractivity contribution >= 4 is 108 Å². The fourth-order valence-corrected chi connectivity index (χ4v) is 15.0. The van der Waals surface area contributed by atoms with Gasteiger partial charge >= 0.3 is 0 Å². The van der Waals surface area contributed by atoms with E-state index in [1.165, 1.54) is 64.6 Å². The Morgan fingerprint density at radius 1 is 0.196 bits per heavy atom. The number of hydrogen-bond acceptors (Lipinski definition) is 3. The molecule has 3 aromatic heterocycles. The van der Waals surface area contributed by atoms with Crippen molar-refractivity contribution in [3.05, 3.63) is 322 Å². The molecule has 0 aliphatic carbocycles. The Morgan fingerprint density at radius 2 is 0.587 bits per heavy atom. The molecule has 0 radical (unpaired) electrons. The van der Waals surface area contributed by atoms with Crippen LogP contribution in [0.25, 0.3) is 187 Å². The quantitative estimate of drug-likeness (QED) is 0.142. The number of benzene rings is 16. The van der Waals surface area contributed by atoms with Gasteiger partial charge in [0.15, 0.2) is 11.6 Å². The summed E-state index contributed by atoms with van der Waals surface area (Å²) in [5.41, 5.74) is 16.1. The number of nitrogens with zero attached hydrogens (tertiary/aromatic N) is 5. The SMILES string of the molecule is c1ccc(-c2nc(-c3ccccc3)nc(-n3c4ccccc4c4cc(-c5ccc(-c6ccc7c8ccccc8c8ccccc8c7c6)cc5-c5cccc(-c6ccc7c8ccccc8c8ccccc8c7c6)c5)c5c6ccccc6n(-c6ccccc6)c5c43)n2)cc1. The van der Waals surface area contributed by atoms with Crippen LogP contribution in [-0.4, -0.2) is 24.1 Å². The minimum Gasteiger partial charge on any atom is -0.307 e. The van der Waals surface area contributed by atoms with Gasteiger partial charge < -0.3 is 4.57 Å². The predicted octanol–water partition coefficient (Wildman–Crippen LogP) is 23.0. The predicted molar refractivity (Wildman–Crippen MR) is 386 cm³/mol. The topological polar surface area (TPSA) is 48.5 Å². The first-order valence-corrected chi connectivity index (χ1v) is 31.5. The Kier molecular flexibility index (Phi) is 11.6. The molecule has 0 aliphatic rings. The van der Waals surface area contributed by atoms with Gasteiger partial charge in [0, 0.05) is 38.4 Å². The van der Waals surface area contributed by atoms with E-state index in [4.69, 9.17) is 15.0 Å². The van der Waals surface area contributed by atoms with E-state index in [1.54, 1.807) is 0 Å². The third-order valence-corrected chi connectivity index (χ3v) is 19.1. The maximum atomic E-state index is 5.47. The molecule has 426 valence electrons. The number of fused-ring (bicyclic) bond motifs is 19.